The summed E-state index contributed by atoms with van der Waals surface area (Å²) in [5.41, 5.74) is 0. The van der Waals surface area contributed by atoms with Gasteiger partial charge in [-0.2, -0.15) is 0 Å². The fourth-order valence-electron chi connectivity index (χ4n) is 3.09. The fourth-order valence-corrected chi connectivity index (χ4v) is 3.09. The van der Waals surface area contributed by atoms with E-state index >= 15 is 0 Å². The van der Waals surface area contributed by atoms with Gasteiger partial charge in [-0.05, 0) is 45.8 Å². The first-order valence-corrected chi connectivity index (χ1v) is 7.45. The molecule has 19 heavy (non-hydrogen) atoms. The Morgan fingerprint density at radius 3 is 2.95 bits per heavy atom. The van der Waals surface area contributed by atoms with Crippen molar-refractivity contribution >= 4 is 5.91 Å². The quantitative estimate of drug-likeness (QED) is 0.790. The van der Waals surface area contributed by atoms with E-state index in [4.69, 9.17) is 4.74 Å². The third kappa shape index (κ3) is 4.44. The third-order valence-electron chi connectivity index (χ3n) is 4.05. The van der Waals surface area contributed by atoms with E-state index in [2.05, 4.69) is 10.2 Å². The highest BCUT2D eigenvalue weighted by Crippen LogP contribution is 2.16. The van der Waals surface area contributed by atoms with Crippen molar-refractivity contribution < 1.29 is 9.53 Å². The summed E-state index contributed by atoms with van der Waals surface area (Å²) in [6.45, 7) is 7.94. The Morgan fingerprint density at radius 1 is 1.37 bits per heavy atom. The van der Waals surface area contributed by atoms with Crippen molar-refractivity contribution in [2.24, 2.45) is 5.92 Å². The second-order valence-corrected chi connectivity index (χ2v) is 5.82. The molecule has 2 aliphatic heterocycles. The Hall–Kier alpha value is -0.650. The molecular weight excluding hydrogens is 242 g/mol. The largest absolute Gasteiger partial charge is 0.375 e. The van der Waals surface area contributed by atoms with Crippen LogP contribution >= 0.6 is 0 Å². The Morgan fingerprint density at radius 2 is 2.21 bits per heavy atom. The van der Waals surface area contributed by atoms with Gasteiger partial charge in [-0.15, -0.1) is 0 Å². The van der Waals surface area contributed by atoms with Crippen LogP contribution in [0.3, 0.4) is 0 Å². The Kier molecular flexibility index (Phi) is 5.60. The van der Waals surface area contributed by atoms with Crippen molar-refractivity contribution in [1.82, 2.24) is 15.1 Å². The number of amides is 1. The Bertz CT molecular complexity index is 296. The van der Waals surface area contributed by atoms with Crippen LogP contribution in [0.2, 0.25) is 0 Å². The summed E-state index contributed by atoms with van der Waals surface area (Å²) < 4.78 is 5.48. The Labute approximate surface area is 116 Å². The van der Waals surface area contributed by atoms with Crippen LogP contribution in [0, 0.1) is 5.92 Å². The molecule has 0 radical (unpaired) electrons. The first-order valence-electron chi connectivity index (χ1n) is 7.45. The second-order valence-electron chi connectivity index (χ2n) is 5.82. The van der Waals surface area contributed by atoms with Crippen molar-refractivity contribution in [2.75, 3.05) is 52.9 Å². The number of rotatable bonds is 4. The number of ether oxygens (including phenoxy) is 1. The second kappa shape index (κ2) is 7.22. The van der Waals surface area contributed by atoms with Gasteiger partial charge in [0.25, 0.3) is 0 Å². The lowest BCUT2D eigenvalue weighted by molar-refractivity contribution is -0.139. The molecule has 110 valence electrons. The van der Waals surface area contributed by atoms with E-state index in [1.807, 2.05) is 18.9 Å². The van der Waals surface area contributed by atoms with E-state index in [9.17, 15) is 4.79 Å². The van der Waals surface area contributed by atoms with Crippen molar-refractivity contribution in [3.8, 4) is 0 Å². The molecule has 5 heteroatoms. The standard InChI is InChI=1S/C14H27N3O2/c1-12-9-17(6-7-19-12)14(18)11-16-5-3-4-13(10-16)8-15-2/h12-13,15H,3-11H2,1-2H3. The number of hydrogen-bond acceptors (Lipinski definition) is 4. The molecule has 2 atom stereocenters. The average Bonchev–Trinajstić information content (AvgIpc) is 2.39. The summed E-state index contributed by atoms with van der Waals surface area (Å²) in [6, 6.07) is 0. The van der Waals surface area contributed by atoms with E-state index < -0.39 is 0 Å². The first kappa shape index (κ1) is 14.8. The summed E-state index contributed by atoms with van der Waals surface area (Å²) in [6.07, 6.45) is 2.66. The summed E-state index contributed by atoms with van der Waals surface area (Å²) in [4.78, 5) is 16.6. The smallest absolute Gasteiger partial charge is 0.236 e. The normalized spacial score (nSPS) is 29.5. The van der Waals surface area contributed by atoms with E-state index in [1.165, 1.54) is 12.8 Å². The maximum absolute atomic E-state index is 12.3. The molecule has 2 fully saturated rings. The molecule has 5 nitrogen and oxygen atoms in total. The van der Waals surface area contributed by atoms with Crippen molar-refractivity contribution in [1.29, 1.82) is 0 Å². The number of nitrogens with zero attached hydrogens (tertiary/aromatic N) is 2. The molecule has 0 aromatic heterocycles. The number of piperidine rings is 1. The SMILES string of the molecule is CNCC1CCCN(CC(=O)N2CCOC(C)C2)C1. The topological polar surface area (TPSA) is 44.8 Å². The van der Waals surface area contributed by atoms with Crippen LogP contribution in [0.4, 0.5) is 0 Å². The molecule has 1 N–H and O–H groups in total. The maximum atomic E-state index is 12.3. The maximum Gasteiger partial charge on any atom is 0.236 e. The molecule has 0 bridgehead atoms. The molecule has 2 unspecified atom stereocenters. The number of nitrogens with one attached hydrogen (secondary N) is 1. The number of carbonyl (C=O) groups excluding carboxylic acids is 1. The lowest BCUT2D eigenvalue weighted by atomic mass is 9.98. The highest BCUT2D eigenvalue weighted by atomic mass is 16.5. The summed E-state index contributed by atoms with van der Waals surface area (Å²) in [5.74, 6) is 0.954. The van der Waals surface area contributed by atoms with Crippen molar-refractivity contribution in [3.63, 3.8) is 0 Å². The Balaban J connectivity index is 1.77. The fraction of sp³-hybridized carbons (Fsp3) is 0.929. The summed E-state index contributed by atoms with van der Waals surface area (Å²) in [5, 5.41) is 3.24. The molecular formula is C14H27N3O2. The number of carbonyl (C=O) groups is 1. The van der Waals surface area contributed by atoms with Crippen molar-refractivity contribution in [2.45, 2.75) is 25.9 Å². The van der Waals surface area contributed by atoms with Gasteiger partial charge in [0.2, 0.25) is 5.91 Å². The number of hydrogen-bond donors (Lipinski definition) is 1. The van der Waals surface area contributed by atoms with Crippen molar-refractivity contribution in [3.05, 3.63) is 0 Å². The van der Waals surface area contributed by atoms with Gasteiger partial charge in [0.05, 0.1) is 19.3 Å². The van der Waals surface area contributed by atoms with Gasteiger partial charge in [0.1, 0.15) is 0 Å². The highest BCUT2D eigenvalue weighted by molar-refractivity contribution is 5.78. The van der Waals surface area contributed by atoms with Gasteiger partial charge in [-0.1, -0.05) is 0 Å². The predicted molar refractivity (Wildman–Crippen MR) is 75.1 cm³/mol. The minimum atomic E-state index is 0.177. The van der Waals surface area contributed by atoms with Gasteiger partial charge >= 0.3 is 0 Å². The lowest BCUT2D eigenvalue weighted by Crippen LogP contribution is -2.50. The highest BCUT2D eigenvalue weighted by Gasteiger charge is 2.25. The van der Waals surface area contributed by atoms with Crippen LogP contribution < -0.4 is 5.32 Å². The van der Waals surface area contributed by atoms with E-state index in [0.29, 0.717) is 19.1 Å². The monoisotopic (exact) mass is 269 g/mol. The average molecular weight is 269 g/mol. The summed E-state index contributed by atoms with van der Waals surface area (Å²) in [7, 11) is 2.00. The molecule has 2 heterocycles. The lowest BCUT2D eigenvalue weighted by Gasteiger charge is -2.36. The molecule has 2 saturated heterocycles. The van der Waals surface area contributed by atoms with Crippen LogP contribution in [0.25, 0.3) is 0 Å². The minimum absolute atomic E-state index is 0.177. The zero-order valence-corrected chi connectivity index (χ0v) is 12.2. The van der Waals surface area contributed by atoms with Gasteiger partial charge < -0.3 is 15.0 Å². The van der Waals surface area contributed by atoms with Gasteiger partial charge in [-0.3, -0.25) is 9.69 Å². The zero-order valence-electron chi connectivity index (χ0n) is 12.2. The van der Waals surface area contributed by atoms with Gasteiger partial charge in [0.15, 0.2) is 0 Å². The number of likely N-dealkylation sites (tertiary alicyclic amines) is 1. The molecule has 0 aliphatic carbocycles. The molecule has 2 rings (SSSR count). The molecule has 0 saturated carbocycles. The predicted octanol–water partition coefficient (Wildman–Crippen LogP) is 0.165. The molecule has 0 aromatic rings. The van der Waals surface area contributed by atoms with Crippen LogP contribution in [0.5, 0.6) is 0 Å². The first-order chi connectivity index (χ1) is 9.19. The van der Waals surface area contributed by atoms with Crippen LogP contribution in [-0.2, 0) is 9.53 Å². The minimum Gasteiger partial charge on any atom is -0.375 e. The van der Waals surface area contributed by atoms with Gasteiger partial charge in [0, 0.05) is 19.6 Å². The molecule has 0 spiro atoms. The van der Waals surface area contributed by atoms with Crippen LogP contribution in [0.1, 0.15) is 19.8 Å². The molecule has 2 aliphatic rings. The van der Waals surface area contributed by atoms with Crippen LogP contribution in [0.15, 0.2) is 0 Å². The third-order valence-corrected chi connectivity index (χ3v) is 4.05. The van der Waals surface area contributed by atoms with Gasteiger partial charge in [-0.25, -0.2) is 0 Å². The number of morpholine rings is 1. The molecule has 0 aromatic carbocycles. The van der Waals surface area contributed by atoms with E-state index in [1.54, 1.807) is 0 Å². The van der Waals surface area contributed by atoms with E-state index in [-0.39, 0.29) is 12.0 Å². The van der Waals surface area contributed by atoms with Crippen LogP contribution in [-0.4, -0.2) is 74.7 Å². The molecule has 1 amide bonds. The van der Waals surface area contributed by atoms with E-state index in [0.717, 1.165) is 32.7 Å². The summed E-state index contributed by atoms with van der Waals surface area (Å²) >= 11 is 0. The zero-order chi connectivity index (χ0) is 13.7.